The zero-order chi connectivity index (χ0) is 13.4. The number of carbonyl (C=O) groups is 2. The first-order chi connectivity index (χ1) is 8.63. The first-order valence-electron chi connectivity index (χ1n) is 6.66. The first-order valence-corrected chi connectivity index (χ1v) is 6.66. The highest BCUT2D eigenvalue weighted by Crippen LogP contribution is 2.09. The number of ether oxygens (including phenoxy) is 1. The van der Waals surface area contributed by atoms with Crippen LogP contribution in [0.25, 0.3) is 0 Å². The summed E-state index contributed by atoms with van der Waals surface area (Å²) >= 11 is 0. The van der Waals surface area contributed by atoms with Gasteiger partial charge in [0.1, 0.15) is 0 Å². The third-order valence-electron chi connectivity index (χ3n) is 3.29. The molecule has 0 unspecified atom stereocenters. The van der Waals surface area contributed by atoms with E-state index >= 15 is 0 Å². The van der Waals surface area contributed by atoms with Gasteiger partial charge in [0.2, 0.25) is 5.91 Å². The number of likely N-dealkylation sites (N-methyl/N-ethyl adjacent to an activating group) is 1. The van der Waals surface area contributed by atoms with E-state index in [0.717, 1.165) is 25.9 Å². The molecule has 1 rings (SSSR count). The predicted octanol–water partition coefficient (Wildman–Crippen LogP) is 0.884. The van der Waals surface area contributed by atoms with Gasteiger partial charge >= 0.3 is 5.97 Å². The Kier molecular flexibility index (Phi) is 6.72. The fourth-order valence-electron chi connectivity index (χ4n) is 2.11. The van der Waals surface area contributed by atoms with Crippen LogP contribution in [0.5, 0.6) is 0 Å². The van der Waals surface area contributed by atoms with Gasteiger partial charge in [0.25, 0.3) is 0 Å². The summed E-state index contributed by atoms with van der Waals surface area (Å²) in [6.07, 6.45) is 5.00. The van der Waals surface area contributed by atoms with E-state index in [9.17, 15) is 9.59 Å². The van der Waals surface area contributed by atoms with Gasteiger partial charge in [-0.05, 0) is 19.9 Å². The zero-order valence-corrected chi connectivity index (χ0v) is 11.5. The largest absolute Gasteiger partial charge is 0.469 e. The Morgan fingerprint density at radius 3 is 2.33 bits per heavy atom. The number of hydrogen-bond acceptors (Lipinski definition) is 4. The number of carbonyl (C=O) groups excluding carboxylic acids is 2. The lowest BCUT2D eigenvalue weighted by molar-refractivity contribution is -0.141. The summed E-state index contributed by atoms with van der Waals surface area (Å²) < 4.78 is 4.58. The molecule has 5 heteroatoms. The minimum Gasteiger partial charge on any atom is -0.469 e. The molecular formula is C13H24N2O3. The molecule has 1 amide bonds. The monoisotopic (exact) mass is 256 g/mol. The molecule has 0 aromatic heterocycles. The molecule has 0 aliphatic carbocycles. The van der Waals surface area contributed by atoms with E-state index in [4.69, 9.17) is 0 Å². The van der Waals surface area contributed by atoms with Crippen molar-refractivity contribution in [1.29, 1.82) is 0 Å². The van der Waals surface area contributed by atoms with Crippen LogP contribution >= 0.6 is 0 Å². The molecule has 0 aromatic rings. The van der Waals surface area contributed by atoms with Crippen LogP contribution in [0, 0.1) is 0 Å². The summed E-state index contributed by atoms with van der Waals surface area (Å²) in [6.45, 7) is 2.70. The first kappa shape index (κ1) is 15.0. The van der Waals surface area contributed by atoms with Crippen molar-refractivity contribution in [3.05, 3.63) is 0 Å². The molecule has 1 heterocycles. The van der Waals surface area contributed by atoms with Crippen molar-refractivity contribution >= 4 is 11.9 Å². The van der Waals surface area contributed by atoms with Crippen molar-refractivity contribution in [2.45, 2.75) is 32.1 Å². The van der Waals surface area contributed by atoms with Gasteiger partial charge in [-0.1, -0.05) is 12.8 Å². The normalized spacial score (nSPS) is 16.5. The molecule has 5 nitrogen and oxygen atoms in total. The highest BCUT2D eigenvalue weighted by atomic mass is 16.5. The lowest BCUT2D eigenvalue weighted by atomic mass is 10.2. The second kappa shape index (κ2) is 8.08. The molecule has 1 aliphatic rings. The minimum atomic E-state index is -0.232. The average molecular weight is 256 g/mol. The van der Waals surface area contributed by atoms with Gasteiger partial charge in [-0.3, -0.25) is 14.5 Å². The summed E-state index contributed by atoms with van der Waals surface area (Å²) in [5.74, 6) is -0.0617. The molecule has 0 saturated carbocycles. The van der Waals surface area contributed by atoms with E-state index in [1.54, 1.807) is 0 Å². The Labute approximate surface area is 109 Å². The van der Waals surface area contributed by atoms with E-state index < -0.39 is 0 Å². The van der Waals surface area contributed by atoms with Gasteiger partial charge in [0.05, 0.1) is 20.1 Å². The molecule has 1 fully saturated rings. The number of likely N-dealkylation sites (tertiary alicyclic amines) is 1. The standard InChI is InChI=1S/C13H24N2O3/c1-14(10-7-13(17)18-2)11-12(16)15-8-5-3-4-6-9-15/h3-11H2,1-2H3. The number of amides is 1. The second-order valence-corrected chi connectivity index (χ2v) is 4.86. The van der Waals surface area contributed by atoms with E-state index in [1.165, 1.54) is 20.0 Å². The number of nitrogens with zero attached hydrogens (tertiary/aromatic N) is 2. The summed E-state index contributed by atoms with van der Waals surface area (Å²) in [6, 6.07) is 0. The maximum Gasteiger partial charge on any atom is 0.306 e. The summed E-state index contributed by atoms with van der Waals surface area (Å²) in [4.78, 5) is 26.9. The maximum absolute atomic E-state index is 12.0. The minimum absolute atomic E-state index is 0.171. The van der Waals surface area contributed by atoms with Crippen LogP contribution in [-0.2, 0) is 14.3 Å². The SMILES string of the molecule is COC(=O)CCN(C)CC(=O)N1CCCCCC1. The summed E-state index contributed by atoms with van der Waals surface area (Å²) in [5.41, 5.74) is 0. The van der Waals surface area contributed by atoms with Gasteiger partial charge in [0, 0.05) is 19.6 Å². The van der Waals surface area contributed by atoms with E-state index in [-0.39, 0.29) is 11.9 Å². The van der Waals surface area contributed by atoms with E-state index in [1.807, 2.05) is 16.8 Å². The lowest BCUT2D eigenvalue weighted by Crippen LogP contribution is -2.40. The van der Waals surface area contributed by atoms with Crippen molar-refractivity contribution in [2.24, 2.45) is 0 Å². The van der Waals surface area contributed by atoms with Crippen molar-refractivity contribution in [2.75, 3.05) is 40.3 Å². The van der Waals surface area contributed by atoms with Crippen LogP contribution in [0.2, 0.25) is 0 Å². The lowest BCUT2D eigenvalue weighted by Gasteiger charge is -2.23. The van der Waals surface area contributed by atoms with Gasteiger partial charge in [-0.25, -0.2) is 0 Å². The second-order valence-electron chi connectivity index (χ2n) is 4.86. The molecule has 0 spiro atoms. The molecule has 0 radical (unpaired) electrons. The highest BCUT2D eigenvalue weighted by Gasteiger charge is 2.17. The summed E-state index contributed by atoms with van der Waals surface area (Å²) in [5, 5.41) is 0. The van der Waals surface area contributed by atoms with Crippen LogP contribution in [0.3, 0.4) is 0 Å². The number of methoxy groups -OCH3 is 1. The van der Waals surface area contributed by atoms with Crippen molar-refractivity contribution in [3.8, 4) is 0 Å². The molecule has 104 valence electrons. The van der Waals surface area contributed by atoms with Crippen LogP contribution in [0.1, 0.15) is 32.1 Å². The Morgan fingerprint density at radius 2 is 1.78 bits per heavy atom. The molecule has 1 aliphatic heterocycles. The molecule has 0 atom stereocenters. The fraction of sp³-hybridized carbons (Fsp3) is 0.846. The Morgan fingerprint density at radius 1 is 1.17 bits per heavy atom. The van der Waals surface area contributed by atoms with E-state index in [0.29, 0.717) is 19.5 Å². The van der Waals surface area contributed by atoms with Crippen molar-refractivity contribution < 1.29 is 14.3 Å². The Bertz CT molecular complexity index is 273. The van der Waals surface area contributed by atoms with Crippen molar-refractivity contribution in [3.63, 3.8) is 0 Å². The highest BCUT2D eigenvalue weighted by molar-refractivity contribution is 5.78. The number of esters is 1. The Hall–Kier alpha value is -1.10. The zero-order valence-electron chi connectivity index (χ0n) is 11.5. The van der Waals surface area contributed by atoms with Gasteiger partial charge in [-0.2, -0.15) is 0 Å². The van der Waals surface area contributed by atoms with Gasteiger partial charge in [-0.15, -0.1) is 0 Å². The van der Waals surface area contributed by atoms with Gasteiger partial charge < -0.3 is 9.64 Å². The Balaban J connectivity index is 2.27. The van der Waals surface area contributed by atoms with Crippen LogP contribution in [-0.4, -0.2) is 62.0 Å². The molecule has 0 aromatic carbocycles. The number of hydrogen-bond donors (Lipinski definition) is 0. The van der Waals surface area contributed by atoms with Crippen LogP contribution in [0.15, 0.2) is 0 Å². The maximum atomic E-state index is 12.0. The van der Waals surface area contributed by atoms with Crippen LogP contribution < -0.4 is 0 Å². The third-order valence-corrected chi connectivity index (χ3v) is 3.29. The summed E-state index contributed by atoms with van der Waals surface area (Å²) in [7, 11) is 3.24. The molecule has 0 N–H and O–H groups in total. The van der Waals surface area contributed by atoms with Crippen molar-refractivity contribution in [1.82, 2.24) is 9.80 Å². The third kappa shape index (κ3) is 5.49. The topological polar surface area (TPSA) is 49.9 Å². The average Bonchev–Trinajstić information content (AvgIpc) is 2.64. The smallest absolute Gasteiger partial charge is 0.306 e. The quantitative estimate of drug-likeness (QED) is 0.685. The van der Waals surface area contributed by atoms with E-state index in [2.05, 4.69) is 4.74 Å². The van der Waals surface area contributed by atoms with Gasteiger partial charge in [0.15, 0.2) is 0 Å². The molecule has 0 bridgehead atoms. The fourth-order valence-corrected chi connectivity index (χ4v) is 2.11. The predicted molar refractivity (Wildman–Crippen MR) is 69.2 cm³/mol. The van der Waals surface area contributed by atoms with Crippen LogP contribution in [0.4, 0.5) is 0 Å². The molecule has 18 heavy (non-hydrogen) atoms. The molecular weight excluding hydrogens is 232 g/mol. The molecule has 1 saturated heterocycles. The number of rotatable bonds is 5.